The van der Waals surface area contributed by atoms with Gasteiger partial charge in [0.1, 0.15) is 0 Å². The van der Waals surface area contributed by atoms with Crippen LogP contribution in [0.3, 0.4) is 0 Å². The highest BCUT2D eigenvalue weighted by molar-refractivity contribution is 4.54. The van der Waals surface area contributed by atoms with Crippen molar-refractivity contribution in [1.29, 1.82) is 0 Å². The predicted octanol–water partition coefficient (Wildman–Crippen LogP) is 13.6. The molecule has 0 fully saturated rings. The van der Waals surface area contributed by atoms with Gasteiger partial charge in [0.05, 0.1) is 26.2 Å². The molecule has 1 heteroatoms. The highest BCUT2D eigenvalue weighted by atomic mass is 15.3. The van der Waals surface area contributed by atoms with E-state index < -0.39 is 0 Å². The summed E-state index contributed by atoms with van der Waals surface area (Å²) in [4.78, 5) is 0. The maximum atomic E-state index is 2.42. The Bertz CT molecular complexity index is 390. The van der Waals surface area contributed by atoms with E-state index in [4.69, 9.17) is 0 Å². The van der Waals surface area contributed by atoms with Crippen LogP contribution in [0, 0.1) is 0 Å². The quantitative estimate of drug-likeness (QED) is 0.0552. The predicted molar refractivity (Wildman–Crippen MR) is 181 cm³/mol. The van der Waals surface area contributed by atoms with Crippen LogP contribution < -0.4 is 0 Å². The van der Waals surface area contributed by atoms with E-state index in [1.807, 2.05) is 0 Å². The van der Waals surface area contributed by atoms with Crippen molar-refractivity contribution in [2.45, 2.75) is 220 Å². The van der Waals surface area contributed by atoms with Crippen LogP contribution in [-0.4, -0.2) is 30.7 Å². The summed E-state index contributed by atoms with van der Waals surface area (Å²) in [6.45, 7) is 15.2. The number of unbranched alkanes of at least 4 members (excludes halogenated alkanes) is 26. The summed E-state index contributed by atoms with van der Waals surface area (Å²) in [6, 6.07) is 0. The molecule has 0 unspecified atom stereocenters. The maximum absolute atomic E-state index is 2.42. The Morgan fingerprint density at radius 1 is 0.205 bits per heavy atom. The van der Waals surface area contributed by atoms with Crippen molar-refractivity contribution in [3.05, 3.63) is 0 Å². The Balaban J connectivity index is 3.78. The Hall–Kier alpha value is -0.0400. The number of rotatable bonds is 34. The van der Waals surface area contributed by atoms with Gasteiger partial charge in [-0.25, -0.2) is 0 Å². The number of nitrogens with zero attached hydrogens (tertiary/aromatic N) is 1. The van der Waals surface area contributed by atoms with E-state index in [0.29, 0.717) is 0 Å². The molecule has 0 atom stereocenters. The zero-order valence-corrected chi connectivity index (χ0v) is 28.5. The molecule has 0 bridgehead atoms. The summed E-state index contributed by atoms with van der Waals surface area (Å²) in [5, 5.41) is 0. The minimum Gasteiger partial charge on any atom is -0.324 e. The van der Waals surface area contributed by atoms with E-state index in [-0.39, 0.29) is 0 Å². The van der Waals surface area contributed by atoms with Crippen LogP contribution in [0.15, 0.2) is 0 Å². The van der Waals surface area contributed by atoms with Gasteiger partial charge < -0.3 is 4.48 Å². The van der Waals surface area contributed by atoms with Crippen molar-refractivity contribution in [3.8, 4) is 0 Å². The zero-order chi connectivity index (χ0) is 28.5. The van der Waals surface area contributed by atoms with Crippen LogP contribution in [0.5, 0.6) is 0 Å². The van der Waals surface area contributed by atoms with Crippen LogP contribution >= 0.6 is 0 Å². The van der Waals surface area contributed by atoms with E-state index in [1.165, 1.54) is 223 Å². The van der Waals surface area contributed by atoms with Gasteiger partial charge in [-0.1, -0.05) is 182 Å². The topological polar surface area (TPSA) is 0 Å². The average molecular weight is 551 g/mol. The number of quaternary nitrogens is 1. The summed E-state index contributed by atoms with van der Waals surface area (Å²) in [5.41, 5.74) is 0. The number of hydrogen-bond acceptors (Lipinski definition) is 0. The third-order valence-corrected chi connectivity index (χ3v) is 9.37. The van der Waals surface area contributed by atoms with Crippen molar-refractivity contribution >= 4 is 0 Å². The fourth-order valence-corrected chi connectivity index (χ4v) is 6.90. The molecule has 236 valence electrons. The fraction of sp³-hybridized carbons (Fsp3) is 1.00. The largest absolute Gasteiger partial charge is 0.324 e. The van der Waals surface area contributed by atoms with E-state index in [9.17, 15) is 0 Å². The lowest BCUT2D eigenvalue weighted by molar-refractivity contribution is -0.928. The first-order chi connectivity index (χ1) is 19.2. The molecular formula is C38H80N+. The average Bonchev–Trinajstić information content (AvgIpc) is 2.93. The number of hydrogen-bond donors (Lipinski definition) is 0. The molecule has 0 rings (SSSR count). The molecule has 0 radical (unpaired) electrons. The van der Waals surface area contributed by atoms with Crippen molar-refractivity contribution in [3.63, 3.8) is 0 Å². The van der Waals surface area contributed by atoms with Crippen molar-refractivity contribution in [2.75, 3.05) is 26.2 Å². The van der Waals surface area contributed by atoms with E-state index in [2.05, 4.69) is 27.7 Å². The molecule has 39 heavy (non-hydrogen) atoms. The Labute approximate surface area is 250 Å². The van der Waals surface area contributed by atoms with Gasteiger partial charge in [-0.15, -0.1) is 0 Å². The van der Waals surface area contributed by atoms with E-state index in [0.717, 1.165) is 0 Å². The van der Waals surface area contributed by atoms with Gasteiger partial charge in [0, 0.05) is 0 Å². The minimum atomic E-state index is 1.36. The van der Waals surface area contributed by atoms with E-state index >= 15 is 0 Å². The first-order valence-electron chi connectivity index (χ1n) is 19.1. The molecule has 0 aliphatic heterocycles. The second kappa shape index (κ2) is 32.5. The molecule has 0 aromatic rings. The summed E-state index contributed by atoms with van der Waals surface area (Å²) in [5.74, 6) is 0. The van der Waals surface area contributed by atoms with Gasteiger partial charge in [-0.05, 0) is 38.5 Å². The molecule has 0 aromatic heterocycles. The fourth-order valence-electron chi connectivity index (χ4n) is 6.90. The Morgan fingerprint density at radius 3 is 0.615 bits per heavy atom. The molecule has 0 saturated carbocycles. The molecule has 0 aromatic carbocycles. The van der Waals surface area contributed by atoms with Gasteiger partial charge in [0.25, 0.3) is 0 Å². The highest BCUT2D eigenvalue weighted by Crippen LogP contribution is 2.19. The van der Waals surface area contributed by atoms with Crippen LogP contribution in [0.2, 0.25) is 0 Å². The normalized spacial score (nSPS) is 12.0. The summed E-state index contributed by atoms with van der Waals surface area (Å²) < 4.78 is 1.43. The van der Waals surface area contributed by atoms with Crippen LogP contribution in [0.1, 0.15) is 220 Å². The smallest absolute Gasteiger partial charge is 0.0786 e. The first kappa shape index (κ1) is 39.0. The molecule has 0 heterocycles. The lowest BCUT2D eigenvalue weighted by Gasteiger charge is -2.39. The summed E-state index contributed by atoms with van der Waals surface area (Å²) >= 11 is 0. The first-order valence-corrected chi connectivity index (χ1v) is 19.1. The minimum absolute atomic E-state index is 1.36. The third kappa shape index (κ3) is 27.9. The molecule has 0 saturated heterocycles. The van der Waals surface area contributed by atoms with Gasteiger partial charge in [0.2, 0.25) is 0 Å². The molecule has 1 nitrogen and oxygen atoms in total. The monoisotopic (exact) mass is 551 g/mol. The van der Waals surface area contributed by atoms with Crippen molar-refractivity contribution in [1.82, 2.24) is 0 Å². The van der Waals surface area contributed by atoms with Gasteiger partial charge >= 0.3 is 0 Å². The molecule has 0 spiro atoms. The lowest BCUT2D eigenvalue weighted by atomic mass is 10.0. The Morgan fingerprint density at radius 2 is 0.410 bits per heavy atom. The van der Waals surface area contributed by atoms with Crippen LogP contribution in [0.4, 0.5) is 0 Å². The van der Waals surface area contributed by atoms with Gasteiger partial charge in [-0.2, -0.15) is 0 Å². The van der Waals surface area contributed by atoms with Gasteiger partial charge in [-0.3, -0.25) is 0 Å². The highest BCUT2D eigenvalue weighted by Gasteiger charge is 2.24. The molecule has 0 N–H and O–H groups in total. The second-order valence-corrected chi connectivity index (χ2v) is 13.4. The van der Waals surface area contributed by atoms with Gasteiger partial charge in [0.15, 0.2) is 0 Å². The zero-order valence-electron chi connectivity index (χ0n) is 28.5. The summed E-state index contributed by atoms with van der Waals surface area (Å²) in [7, 11) is 0. The molecular weight excluding hydrogens is 470 g/mol. The van der Waals surface area contributed by atoms with Crippen molar-refractivity contribution < 1.29 is 4.48 Å². The molecule has 0 aliphatic rings. The van der Waals surface area contributed by atoms with E-state index in [1.54, 1.807) is 0 Å². The molecule has 0 aliphatic carbocycles. The van der Waals surface area contributed by atoms with Crippen LogP contribution in [-0.2, 0) is 0 Å². The summed E-state index contributed by atoms with van der Waals surface area (Å²) in [6.07, 6.45) is 43.9. The third-order valence-electron chi connectivity index (χ3n) is 9.37. The van der Waals surface area contributed by atoms with Crippen LogP contribution in [0.25, 0.3) is 0 Å². The standard InChI is InChI=1S/C38H80N/c1-5-9-11-13-15-17-19-21-23-25-27-29-31-33-37-39(35-7-3,36-8-4)38-34-32-30-28-26-24-22-20-18-16-14-12-10-6-2/h5-38H2,1-4H3/q+1. The van der Waals surface area contributed by atoms with Crippen molar-refractivity contribution in [2.24, 2.45) is 0 Å². The second-order valence-electron chi connectivity index (χ2n) is 13.4. The maximum Gasteiger partial charge on any atom is 0.0786 e. The lowest BCUT2D eigenvalue weighted by Crippen LogP contribution is -2.50. The molecule has 0 amide bonds. The SMILES string of the molecule is CCCCCCCCCCCCCCCC[N+](CCC)(CCC)CCCCCCCCCCCCCCCC. The Kier molecular flexibility index (Phi) is 32.4.